The van der Waals surface area contributed by atoms with E-state index in [0.29, 0.717) is 5.92 Å². The Morgan fingerprint density at radius 1 is 1.33 bits per heavy atom. The Morgan fingerprint density at radius 2 is 2.10 bits per heavy atom. The molecule has 1 atom stereocenters. The summed E-state index contributed by atoms with van der Waals surface area (Å²) in [6, 6.07) is 12.4. The summed E-state index contributed by atoms with van der Waals surface area (Å²) in [5.41, 5.74) is 2.11. The minimum absolute atomic E-state index is 0.140. The summed E-state index contributed by atoms with van der Waals surface area (Å²) < 4.78 is 2.97. The van der Waals surface area contributed by atoms with Crippen LogP contribution in [0.4, 0.5) is 0 Å². The Bertz CT molecular complexity index is 635. The highest BCUT2D eigenvalue weighted by Gasteiger charge is 2.29. The van der Waals surface area contributed by atoms with Gasteiger partial charge in [-0.1, -0.05) is 30.3 Å². The fourth-order valence-electron chi connectivity index (χ4n) is 3.02. The lowest BCUT2D eigenvalue weighted by Crippen LogP contribution is -2.30. The SMILES string of the molecule is CCn1cc(Br)cc1C(=O)N1CCC(c2ccccc2)C1. The maximum Gasteiger partial charge on any atom is 0.270 e. The van der Waals surface area contributed by atoms with E-state index in [-0.39, 0.29) is 5.91 Å². The van der Waals surface area contributed by atoms with Gasteiger partial charge in [0, 0.05) is 36.2 Å². The number of aromatic nitrogens is 1. The molecule has 0 N–H and O–H groups in total. The second kappa shape index (κ2) is 6.06. The second-order valence-corrected chi connectivity index (χ2v) is 6.39. The van der Waals surface area contributed by atoms with Crippen molar-refractivity contribution in [2.75, 3.05) is 13.1 Å². The second-order valence-electron chi connectivity index (χ2n) is 5.48. The standard InChI is InChI=1S/C17H19BrN2O/c1-2-19-12-15(18)10-16(19)17(21)20-9-8-14(11-20)13-6-4-3-5-7-13/h3-7,10,12,14H,2,8-9,11H2,1H3. The van der Waals surface area contributed by atoms with Gasteiger partial charge < -0.3 is 9.47 Å². The van der Waals surface area contributed by atoms with Gasteiger partial charge in [-0.3, -0.25) is 4.79 Å². The lowest BCUT2D eigenvalue weighted by Gasteiger charge is -2.17. The fourth-order valence-corrected chi connectivity index (χ4v) is 3.48. The Kier molecular flexibility index (Phi) is 4.15. The molecule has 1 aliphatic heterocycles. The van der Waals surface area contributed by atoms with E-state index in [1.807, 2.05) is 27.8 Å². The predicted octanol–water partition coefficient (Wildman–Crippen LogP) is 3.90. The van der Waals surface area contributed by atoms with Gasteiger partial charge in [0.2, 0.25) is 0 Å². The van der Waals surface area contributed by atoms with Gasteiger partial charge in [0.15, 0.2) is 0 Å². The molecule has 4 heteroatoms. The largest absolute Gasteiger partial charge is 0.343 e. The van der Waals surface area contributed by atoms with Crippen molar-refractivity contribution in [3.05, 3.63) is 58.3 Å². The lowest BCUT2D eigenvalue weighted by molar-refractivity contribution is 0.0780. The number of benzene rings is 1. The first-order valence-electron chi connectivity index (χ1n) is 7.39. The Hall–Kier alpha value is -1.55. The number of halogens is 1. The predicted molar refractivity (Wildman–Crippen MR) is 87.5 cm³/mol. The number of amides is 1. The molecule has 3 rings (SSSR count). The van der Waals surface area contributed by atoms with Crippen molar-refractivity contribution >= 4 is 21.8 Å². The highest BCUT2D eigenvalue weighted by Crippen LogP contribution is 2.28. The van der Waals surface area contributed by atoms with Gasteiger partial charge in [0.1, 0.15) is 5.69 Å². The number of likely N-dealkylation sites (tertiary alicyclic amines) is 1. The van der Waals surface area contributed by atoms with E-state index in [1.54, 1.807) is 0 Å². The van der Waals surface area contributed by atoms with Gasteiger partial charge in [-0.15, -0.1) is 0 Å². The van der Waals surface area contributed by atoms with Crippen LogP contribution in [-0.4, -0.2) is 28.5 Å². The summed E-state index contributed by atoms with van der Waals surface area (Å²) in [4.78, 5) is 14.7. The molecule has 1 aliphatic rings. The van der Waals surface area contributed by atoms with Crippen LogP contribution in [0.2, 0.25) is 0 Å². The number of carbonyl (C=O) groups excluding carboxylic acids is 1. The zero-order valence-corrected chi connectivity index (χ0v) is 13.7. The van der Waals surface area contributed by atoms with Crippen LogP contribution in [-0.2, 0) is 6.54 Å². The third-order valence-electron chi connectivity index (χ3n) is 4.17. The summed E-state index contributed by atoms with van der Waals surface area (Å²) in [5, 5.41) is 0. The van der Waals surface area contributed by atoms with E-state index < -0.39 is 0 Å². The van der Waals surface area contributed by atoms with Gasteiger partial charge >= 0.3 is 0 Å². The quantitative estimate of drug-likeness (QED) is 0.827. The molecule has 21 heavy (non-hydrogen) atoms. The molecule has 110 valence electrons. The van der Waals surface area contributed by atoms with Gasteiger partial charge in [-0.05, 0) is 40.9 Å². The molecule has 3 nitrogen and oxygen atoms in total. The molecule has 2 aromatic rings. The number of rotatable bonds is 3. The zero-order chi connectivity index (χ0) is 14.8. The lowest BCUT2D eigenvalue weighted by atomic mass is 9.99. The van der Waals surface area contributed by atoms with E-state index in [1.165, 1.54) is 5.56 Å². The maximum atomic E-state index is 12.7. The summed E-state index contributed by atoms with van der Waals surface area (Å²) in [5.74, 6) is 0.601. The van der Waals surface area contributed by atoms with E-state index in [4.69, 9.17) is 0 Å². The van der Waals surface area contributed by atoms with E-state index in [0.717, 1.165) is 36.2 Å². The molecule has 1 aromatic heterocycles. The van der Waals surface area contributed by atoms with Crippen molar-refractivity contribution in [3.63, 3.8) is 0 Å². The first-order valence-corrected chi connectivity index (χ1v) is 8.18. The summed E-state index contributed by atoms with van der Waals surface area (Å²) >= 11 is 3.46. The molecule has 1 saturated heterocycles. The molecule has 1 amide bonds. The topological polar surface area (TPSA) is 25.2 Å². The summed E-state index contributed by atoms with van der Waals surface area (Å²) in [7, 11) is 0. The minimum atomic E-state index is 0.140. The number of hydrogen-bond donors (Lipinski definition) is 0. The molecule has 0 radical (unpaired) electrons. The van der Waals surface area contributed by atoms with Crippen LogP contribution in [0.3, 0.4) is 0 Å². The van der Waals surface area contributed by atoms with E-state index in [2.05, 4.69) is 47.1 Å². The monoisotopic (exact) mass is 346 g/mol. The van der Waals surface area contributed by atoms with Crippen molar-refractivity contribution in [1.82, 2.24) is 9.47 Å². The number of hydrogen-bond acceptors (Lipinski definition) is 1. The Balaban J connectivity index is 1.75. The minimum Gasteiger partial charge on any atom is -0.343 e. The Labute approximate surface area is 133 Å². The van der Waals surface area contributed by atoms with Crippen molar-refractivity contribution in [2.24, 2.45) is 0 Å². The average molecular weight is 347 g/mol. The zero-order valence-electron chi connectivity index (χ0n) is 12.1. The average Bonchev–Trinajstić information content (AvgIpc) is 3.14. The third kappa shape index (κ3) is 2.91. The van der Waals surface area contributed by atoms with Crippen molar-refractivity contribution in [2.45, 2.75) is 25.8 Å². The van der Waals surface area contributed by atoms with Crippen LogP contribution in [0.1, 0.15) is 35.3 Å². The smallest absolute Gasteiger partial charge is 0.270 e. The Morgan fingerprint density at radius 3 is 2.81 bits per heavy atom. The van der Waals surface area contributed by atoms with Crippen molar-refractivity contribution in [3.8, 4) is 0 Å². The van der Waals surface area contributed by atoms with Crippen LogP contribution in [0.5, 0.6) is 0 Å². The molecule has 0 aliphatic carbocycles. The number of carbonyl (C=O) groups is 1. The molecule has 0 bridgehead atoms. The highest BCUT2D eigenvalue weighted by atomic mass is 79.9. The molecule has 1 fully saturated rings. The molecular weight excluding hydrogens is 328 g/mol. The maximum absolute atomic E-state index is 12.7. The van der Waals surface area contributed by atoms with Crippen LogP contribution in [0.15, 0.2) is 47.1 Å². The first-order chi connectivity index (χ1) is 10.2. The normalized spacial score (nSPS) is 18.2. The van der Waals surface area contributed by atoms with E-state index in [9.17, 15) is 4.79 Å². The molecule has 0 saturated carbocycles. The van der Waals surface area contributed by atoms with Gasteiger partial charge in [-0.25, -0.2) is 0 Å². The first kappa shape index (κ1) is 14.4. The molecule has 1 unspecified atom stereocenters. The van der Waals surface area contributed by atoms with Crippen molar-refractivity contribution < 1.29 is 4.79 Å². The van der Waals surface area contributed by atoms with Gasteiger partial charge in [-0.2, -0.15) is 0 Å². The number of nitrogens with zero attached hydrogens (tertiary/aromatic N) is 2. The van der Waals surface area contributed by atoms with Gasteiger partial charge in [0.05, 0.1) is 0 Å². The molecular formula is C17H19BrN2O. The van der Waals surface area contributed by atoms with Crippen molar-refractivity contribution in [1.29, 1.82) is 0 Å². The van der Waals surface area contributed by atoms with Crippen LogP contribution >= 0.6 is 15.9 Å². The third-order valence-corrected chi connectivity index (χ3v) is 4.60. The highest BCUT2D eigenvalue weighted by molar-refractivity contribution is 9.10. The number of aryl methyl sites for hydroxylation is 1. The van der Waals surface area contributed by atoms with Gasteiger partial charge in [0.25, 0.3) is 5.91 Å². The van der Waals surface area contributed by atoms with Crippen LogP contribution < -0.4 is 0 Å². The van der Waals surface area contributed by atoms with E-state index >= 15 is 0 Å². The summed E-state index contributed by atoms with van der Waals surface area (Å²) in [6.07, 6.45) is 3.02. The van der Waals surface area contributed by atoms with Crippen LogP contribution in [0, 0.1) is 0 Å². The fraction of sp³-hybridized carbons (Fsp3) is 0.353. The molecule has 2 heterocycles. The van der Waals surface area contributed by atoms with Crippen LogP contribution in [0.25, 0.3) is 0 Å². The molecule has 1 aromatic carbocycles. The molecule has 0 spiro atoms. The summed E-state index contributed by atoms with van der Waals surface area (Å²) in [6.45, 7) is 4.52.